The van der Waals surface area contributed by atoms with Crippen LogP contribution in [0.3, 0.4) is 0 Å². The first-order valence-corrected chi connectivity index (χ1v) is 10.4. The summed E-state index contributed by atoms with van der Waals surface area (Å²) in [7, 11) is 1.62. The van der Waals surface area contributed by atoms with E-state index in [1.54, 1.807) is 7.11 Å². The van der Waals surface area contributed by atoms with Crippen molar-refractivity contribution in [3.63, 3.8) is 0 Å². The summed E-state index contributed by atoms with van der Waals surface area (Å²) in [6.07, 6.45) is 0.754. The van der Waals surface area contributed by atoms with Crippen LogP contribution in [0.1, 0.15) is 29.9 Å². The number of anilines is 1. The lowest BCUT2D eigenvalue weighted by atomic mass is 10.0. The Balaban J connectivity index is 1.63. The van der Waals surface area contributed by atoms with E-state index in [9.17, 15) is 4.79 Å². The van der Waals surface area contributed by atoms with Crippen molar-refractivity contribution < 1.29 is 9.53 Å². The molecule has 0 fully saturated rings. The third kappa shape index (κ3) is 3.93. The van der Waals surface area contributed by atoms with Crippen LogP contribution >= 0.6 is 11.8 Å². The minimum absolute atomic E-state index is 0.0921. The van der Waals surface area contributed by atoms with Crippen LogP contribution in [0.15, 0.2) is 53.7 Å². The van der Waals surface area contributed by atoms with Gasteiger partial charge in [-0.15, -0.1) is 10.2 Å². The molecule has 3 aromatic rings. The lowest BCUT2D eigenvalue weighted by Crippen LogP contribution is -2.41. The summed E-state index contributed by atoms with van der Waals surface area (Å²) in [6, 6.07) is 15.3. The molecule has 8 heteroatoms. The highest BCUT2D eigenvalue weighted by atomic mass is 32.2. The molecular weight excluding hydrogens is 386 g/mol. The number of ether oxygens (including phenoxy) is 1. The molecule has 7 nitrogen and oxygen atoms in total. The second-order valence-corrected chi connectivity index (χ2v) is 7.97. The van der Waals surface area contributed by atoms with Gasteiger partial charge in [0, 0.05) is 12.1 Å². The number of amides is 1. The molecule has 0 saturated heterocycles. The fourth-order valence-corrected chi connectivity index (χ4v) is 4.34. The molecule has 4 rings (SSSR count). The van der Waals surface area contributed by atoms with Crippen LogP contribution in [0.2, 0.25) is 0 Å². The van der Waals surface area contributed by atoms with Gasteiger partial charge in [-0.1, -0.05) is 48.5 Å². The third-order valence-electron chi connectivity index (χ3n) is 4.87. The van der Waals surface area contributed by atoms with Crippen LogP contribution in [0.25, 0.3) is 0 Å². The predicted octanol–water partition coefficient (Wildman–Crippen LogP) is 3.56. The van der Waals surface area contributed by atoms with E-state index < -0.39 is 5.25 Å². The zero-order chi connectivity index (χ0) is 20.4. The second kappa shape index (κ2) is 8.16. The average Bonchev–Trinajstić information content (AvgIpc) is 3.16. The van der Waals surface area contributed by atoms with Crippen molar-refractivity contribution in [1.82, 2.24) is 14.9 Å². The number of hydrogen-bond acceptors (Lipinski definition) is 6. The van der Waals surface area contributed by atoms with E-state index in [0.29, 0.717) is 5.16 Å². The first-order valence-electron chi connectivity index (χ1n) is 9.48. The largest absolute Gasteiger partial charge is 0.497 e. The van der Waals surface area contributed by atoms with Crippen molar-refractivity contribution in [3.05, 3.63) is 65.5 Å². The van der Waals surface area contributed by atoms with Gasteiger partial charge in [-0.3, -0.25) is 4.79 Å². The fourth-order valence-electron chi connectivity index (χ4n) is 3.24. The Kier molecular flexibility index (Phi) is 5.44. The van der Waals surface area contributed by atoms with Crippen molar-refractivity contribution in [3.8, 4) is 5.75 Å². The summed E-state index contributed by atoms with van der Waals surface area (Å²) in [5.74, 6) is 1.50. The Hall–Kier alpha value is -3.00. The average molecular weight is 410 g/mol. The molecule has 150 valence electrons. The van der Waals surface area contributed by atoms with Gasteiger partial charge in [0.1, 0.15) is 11.0 Å². The molecule has 2 atom stereocenters. The Bertz CT molecular complexity index is 1000. The molecular formula is C21H23N5O2S. The molecule has 0 spiro atoms. The van der Waals surface area contributed by atoms with E-state index in [0.717, 1.165) is 29.2 Å². The van der Waals surface area contributed by atoms with Gasteiger partial charge in [0.2, 0.25) is 11.1 Å². The maximum absolute atomic E-state index is 13.2. The van der Waals surface area contributed by atoms with Crippen molar-refractivity contribution in [2.75, 3.05) is 17.9 Å². The number of methoxy groups -OCH3 is 1. The minimum Gasteiger partial charge on any atom is -0.497 e. The highest BCUT2D eigenvalue weighted by Gasteiger charge is 2.37. The first kappa shape index (κ1) is 19.3. The SMILES string of the molecule is CCc1nnc2n1N[C@@H](c1ccc(C)cc1)[C@H](C(=O)Nc1ccc(OC)cc1)S2. The van der Waals surface area contributed by atoms with Crippen LogP contribution < -0.4 is 15.5 Å². The van der Waals surface area contributed by atoms with E-state index in [2.05, 4.69) is 45.2 Å². The van der Waals surface area contributed by atoms with E-state index in [1.165, 1.54) is 17.3 Å². The number of aromatic nitrogens is 3. The topological polar surface area (TPSA) is 81.1 Å². The van der Waals surface area contributed by atoms with Crippen molar-refractivity contribution in [1.29, 1.82) is 0 Å². The number of rotatable bonds is 5. The third-order valence-corrected chi connectivity index (χ3v) is 6.09. The molecule has 0 radical (unpaired) electrons. The summed E-state index contributed by atoms with van der Waals surface area (Å²) in [5, 5.41) is 11.8. The van der Waals surface area contributed by atoms with Gasteiger partial charge in [0.15, 0.2) is 5.82 Å². The summed E-state index contributed by atoms with van der Waals surface area (Å²) in [5.41, 5.74) is 6.40. The van der Waals surface area contributed by atoms with Gasteiger partial charge in [0.25, 0.3) is 0 Å². The molecule has 2 aromatic carbocycles. The van der Waals surface area contributed by atoms with Crippen LogP contribution in [-0.2, 0) is 11.2 Å². The quantitative estimate of drug-likeness (QED) is 0.671. The molecule has 2 heterocycles. The number of fused-ring (bicyclic) bond motifs is 1. The van der Waals surface area contributed by atoms with Gasteiger partial charge < -0.3 is 15.5 Å². The van der Waals surface area contributed by atoms with Crippen molar-refractivity contribution in [2.45, 2.75) is 36.7 Å². The molecule has 0 saturated carbocycles. The molecule has 0 aliphatic carbocycles. The van der Waals surface area contributed by atoms with Gasteiger partial charge in [-0.05, 0) is 36.8 Å². The number of carbonyl (C=O) groups excluding carboxylic acids is 1. The highest BCUT2D eigenvalue weighted by molar-refractivity contribution is 8.00. The number of thioether (sulfide) groups is 1. The van der Waals surface area contributed by atoms with Gasteiger partial charge in [0.05, 0.1) is 13.2 Å². The predicted molar refractivity (Wildman–Crippen MR) is 114 cm³/mol. The van der Waals surface area contributed by atoms with Gasteiger partial charge in [-0.25, -0.2) is 4.68 Å². The standard InChI is InChI=1S/C21H23N5O2S/c1-4-17-23-24-21-26(17)25-18(14-7-5-13(2)6-8-14)19(29-21)20(27)22-15-9-11-16(28-3)12-10-15/h5-12,18-19,25H,4H2,1-3H3,(H,22,27)/t18-,19+/m0/s1. The molecule has 1 aromatic heterocycles. The van der Waals surface area contributed by atoms with Crippen molar-refractivity contribution >= 4 is 23.4 Å². The number of nitrogens with one attached hydrogen (secondary N) is 2. The van der Waals surface area contributed by atoms with E-state index in [-0.39, 0.29) is 11.9 Å². The summed E-state index contributed by atoms with van der Waals surface area (Å²) < 4.78 is 7.08. The molecule has 1 aliphatic rings. The van der Waals surface area contributed by atoms with Crippen LogP contribution in [0, 0.1) is 6.92 Å². The van der Waals surface area contributed by atoms with Gasteiger partial charge in [-0.2, -0.15) is 0 Å². The van der Waals surface area contributed by atoms with Crippen LogP contribution in [0.4, 0.5) is 5.69 Å². The van der Waals surface area contributed by atoms with Gasteiger partial charge >= 0.3 is 0 Å². The number of nitrogens with zero attached hydrogens (tertiary/aromatic N) is 3. The molecule has 2 N–H and O–H groups in total. The van der Waals surface area contributed by atoms with Crippen LogP contribution in [0.5, 0.6) is 5.75 Å². The number of aryl methyl sites for hydroxylation is 2. The zero-order valence-corrected chi connectivity index (χ0v) is 17.4. The monoisotopic (exact) mass is 409 g/mol. The highest BCUT2D eigenvalue weighted by Crippen LogP contribution is 2.37. The fraction of sp³-hybridized carbons (Fsp3) is 0.286. The molecule has 1 aliphatic heterocycles. The molecule has 0 bridgehead atoms. The maximum Gasteiger partial charge on any atom is 0.240 e. The normalized spacial score (nSPS) is 17.9. The Morgan fingerprint density at radius 2 is 1.90 bits per heavy atom. The summed E-state index contributed by atoms with van der Waals surface area (Å²) in [6.45, 7) is 4.08. The number of hydrogen-bond donors (Lipinski definition) is 2. The smallest absolute Gasteiger partial charge is 0.240 e. The summed E-state index contributed by atoms with van der Waals surface area (Å²) >= 11 is 1.43. The Morgan fingerprint density at radius 3 is 2.55 bits per heavy atom. The number of benzene rings is 2. The minimum atomic E-state index is -0.402. The molecule has 1 amide bonds. The number of carbonyl (C=O) groups is 1. The van der Waals surface area contributed by atoms with Crippen LogP contribution in [-0.4, -0.2) is 33.1 Å². The summed E-state index contributed by atoms with van der Waals surface area (Å²) in [4.78, 5) is 13.2. The Labute approximate surface area is 173 Å². The lowest BCUT2D eigenvalue weighted by Gasteiger charge is -2.33. The second-order valence-electron chi connectivity index (χ2n) is 6.86. The molecule has 0 unspecified atom stereocenters. The zero-order valence-electron chi connectivity index (χ0n) is 16.5. The molecule has 29 heavy (non-hydrogen) atoms. The van der Waals surface area contributed by atoms with Crippen molar-refractivity contribution in [2.24, 2.45) is 0 Å². The first-order chi connectivity index (χ1) is 14.1. The lowest BCUT2D eigenvalue weighted by molar-refractivity contribution is -0.116. The van der Waals surface area contributed by atoms with E-state index >= 15 is 0 Å². The van der Waals surface area contributed by atoms with E-state index in [4.69, 9.17) is 4.74 Å². The maximum atomic E-state index is 13.2. The Morgan fingerprint density at radius 1 is 1.17 bits per heavy atom. The van der Waals surface area contributed by atoms with E-state index in [1.807, 2.05) is 42.8 Å².